The molecule has 18 heteroatoms. The number of carbonyl (C=O) groups is 8. The molecule has 0 radical (unpaired) electrons. The van der Waals surface area contributed by atoms with Gasteiger partial charge in [0.2, 0.25) is 35.4 Å². The SMILES string of the molecule is CC[C@H](C)C(NC(=O)[C@H](C)NC)C(=O)N1C[C@@H](CC(=O)c2cc(C(=O)C[C@H]3C[C@@H](C(=O)N[C@H](C)c4ccccc4)N(C(=O)[C@@H](NC(=O)[C@H](C)NC)[C@@H](C)CC)C3)n[nH]2)C[C@H]1C(=O)N[C@H](C)c1ccccc1. The number of benzene rings is 2. The van der Waals surface area contributed by atoms with E-state index in [9.17, 15) is 38.4 Å². The van der Waals surface area contributed by atoms with Gasteiger partial charge in [-0.25, -0.2) is 0 Å². The standard InChI is InChI=1S/C53H76N10O8/c1-11-30(3)46(58-48(66)34(7)54-9)52(70)62-28-36(23-42(62)50(68)56-32(5)38-19-15-13-16-20-38)25-44(64)40-27-41(61-60-40)45(65)26-37-24-43(51(69)57-33(6)39-21-17-14-18-22-39)63(29-37)53(71)47(31(4)12-2)59-49(67)35(8)55-10/h13-22,27,30-37,42-43,46-47,54-55H,11-12,23-26,28-29H2,1-10H3,(H,56,68)(H,57,69)(H,58,66)(H,59,67)(H,60,61)/t30-,31-,32+,33+,34-,35-,36+,37+,42-,43-,46-,47?/m0/s1. The van der Waals surface area contributed by atoms with Crippen LogP contribution >= 0.6 is 0 Å². The number of H-pyrrole nitrogens is 1. The number of amides is 6. The Labute approximate surface area is 418 Å². The number of ketones is 2. The average Bonchev–Trinajstić information content (AvgIpc) is 4.16. The predicted octanol–water partition coefficient (Wildman–Crippen LogP) is 4.02. The van der Waals surface area contributed by atoms with Crippen LogP contribution in [0.2, 0.25) is 0 Å². The summed E-state index contributed by atoms with van der Waals surface area (Å²) in [7, 11) is 3.30. The van der Waals surface area contributed by atoms with Gasteiger partial charge in [-0.3, -0.25) is 43.5 Å². The van der Waals surface area contributed by atoms with Crippen LogP contribution in [0.3, 0.4) is 0 Å². The summed E-state index contributed by atoms with van der Waals surface area (Å²) >= 11 is 0. The van der Waals surface area contributed by atoms with Crippen LogP contribution in [0.1, 0.15) is 138 Å². The molecule has 1 unspecified atom stereocenters. The third-order valence-electron chi connectivity index (χ3n) is 14.6. The molecule has 2 fully saturated rings. The number of Topliss-reactive ketones (excluding diaryl/α,β-unsaturated/α-hetero) is 2. The summed E-state index contributed by atoms with van der Waals surface area (Å²) in [5.41, 5.74) is 1.86. The van der Waals surface area contributed by atoms with Crippen LogP contribution in [0.5, 0.6) is 0 Å². The Morgan fingerprint density at radius 2 is 0.986 bits per heavy atom. The highest BCUT2D eigenvalue weighted by Gasteiger charge is 2.46. The Hall–Kier alpha value is -6.27. The average molecular weight is 981 g/mol. The van der Waals surface area contributed by atoms with E-state index in [1.54, 1.807) is 27.9 Å². The number of rotatable bonds is 24. The highest BCUT2D eigenvalue weighted by atomic mass is 16.2. The third-order valence-corrected chi connectivity index (χ3v) is 14.6. The van der Waals surface area contributed by atoms with Crippen LogP contribution in [0.25, 0.3) is 0 Å². The Morgan fingerprint density at radius 1 is 0.592 bits per heavy atom. The van der Waals surface area contributed by atoms with E-state index >= 15 is 0 Å². The van der Waals surface area contributed by atoms with Gasteiger partial charge in [0.05, 0.1) is 24.2 Å². The zero-order valence-electron chi connectivity index (χ0n) is 43.0. The molecule has 2 aliphatic rings. The van der Waals surface area contributed by atoms with E-state index in [0.29, 0.717) is 12.8 Å². The summed E-state index contributed by atoms with van der Waals surface area (Å²) in [6.45, 7) is 14.8. The maximum Gasteiger partial charge on any atom is 0.246 e. The molecule has 0 spiro atoms. The molecule has 3 aromatic rings. The molecule has 3 heterocycles. The number of likely N-dealkylation sites (tertiary alicyclic amines) is 2. The van der Waals surface area contributed by atoms with Crippen molar-refractivity contribution in [3.63, 3.8) is 0 Å². The van der Waals surface area contributed by atoms with E-state index < -0.39 is 65.7 Å². The Bertz CT molecular complexity index is 2170. The zero-order valence-corrected chi connectivity index (χ0v) is 43.0. The van der Waals surface area contributed by atoms with Gasteiger partial charge in [-0.15, -0.1) is 0 Å². The third kappa shape index (κ3) is 14.2. The van der Waals surface area contributed by atoms with E-state index in [1.165, 1.54) is 15.9 Å². The lowest BCUT2D eigenvalue weighted by Crippen LogP contribution is -2.57. The van der Waals surface area contributed by atoms with Gasteiger partial charge in [0.15, 0.2) is 11.6 Å². The molecule has 2 saturated heterocycles. The molecule has 18 nitrogen and oxygen atoms in total. The largest absolute Gasteiger partial charge is 0.348 e. The van der Waals surface area contributed by atoms with Gasteiger partial charge in [0.25, 0.3) is 0 Å². The normalized spacial score (nSPS) is 21.2. The minimum atomic E-state index is -0.924. The second-order valence-corrected chi connectivity index (χ2v) is 19.7. The highest BCUT2D eigenvalue weighted by Crippen LogP contribution is 2.32. The molecule has 12 atom stereocenters. The number of aromatic nitrogens is 2. The van der Waals surface area contributed by atoms with E-state index in [4.69, 9.17) is 0 Å². The minimum Gasteiger partial charge on any atom is -0.348 e. The fourth-order valence-electron chi connectivity index (χ4n) is 9.28. The molecule has 0 aliphatic carbocycles. The lowest BCUT2D eigenvalue weighted by atomic mass is 9.96. The van der Waals surface area contributed by atoms with Crippen molar-refractivity contribution in [1.29, 1.82) is 0 Å². The maximum atomic E-state index is 14.5. The predicted molar refractivity (Wildman–Crippen MR) is 270 cm³/mol. The van der Waals surface area contributed by atoms with Crippen molar-refractivity contribution < 1.29 is 38.4 Å². The molecule has 386 valence electrons. The minimum absolute atomic E-state index is 0.0148. The van der Waals surface area contributed by atoms with Crippen molar-refractivity contribution in [1.82, 2.24) is 51.9 Å². The van der Waals surface area contributed by atoms with Crippen LogP contribution < -0.4 is 31.9 Å². The van der Waals surface area contributed by atoms with Crippen molar-refractivity contribution in [3.8, 4) is 0 Å². The molecule has 6 amide bonds. The maximum absolute atomic E-state index is 14.5. The summed E-state index contributed by atoms with van der Waals surface area (Å²) in [6.07, 6.45) is 1.40. The zero-order chi connectivity index (χ0) is 52.1. The molecular weight excluding hydrogens is 905 g/mol. The molecule has 2 aromatic carbocycles. The quantitative estimate of drug-likeness (QED) is 0.0633. The summed E-state index contributed by atoms with van der Waals surface area (Å²) in [6, 6.07) is 14.7. The van der Waals surface area contributed by atoms with E-state index in [0.717, 1.165) is 11.1 Å². The van der Waals surface area contributed by atoms with Crippen LogP contribution in [-0.2, 0) is 28.8 Å². The van der Waals surface area contributed by atoms with Crippen LogP contribution in [0, 0.1) is 23.7 Å². The van der Waals surface area contributed by atoms with Gasteiger partial charge in [-0.2, -0.15) is 5.10 Å². The fourth-order valence-corrected chi connectivity index (χ4v) is 9.28. The first-order valence-corrected chi connectivity index (χ1v) is 25.2. The van der Waals surface area contributed by atoms with Gasteiger partial charge in [0, 0.05) is 25.9 Å². The van der Waals surface area contributed by atoms with Crippen LogP contribution in [0.4, 0.5) is 0 Å². The highest BCUT2D eigenvalue weighted by molar-refractivity contribution is 6.00. The molecular formula is C53H76N10O8. The van der Waals surface area contributed by atoms with E-state index in [2.05, 4.69) is 42.1 Å². The smallest absolute Gasteiger partial charge is 0.246 e. The van der Waals surface area contributed by atoms with Crippen molar-refractivity contribution in [3.05, 3.63) is 89.2 Å². The number of hydrogen-bond acceptors (Lipinski definition) is 11. The first-order valence-electron chi connectivity index (χ1n) is 25.2. The lowest BCUT2D eigenvalue weighted by molar-refractivity contribution is -0.143. The number of nitrogens with zero attached hydrogens (tertiary/aromatic N) is 3. The first kappa shape index (κ1) is 55.7. The Kier molecular flexibility index (Phi) is 20.2. The molecule has 2 aliphatic heterocycles. The first-order chi connectivity index (χ1) is 33.8. The van der Waals surface area contributed by atoms with Crippen molar-refractivity contribution >= 4 is 47.0 Å². The van der Waals surface area contributed by atoms with Gasteiger partial charge in [-0.05, 0) is 95.5 Å². The van der Waals surface area contributed by atoms with Crippen molar-refractivity contribution in [2.45, 2.75) is 142 Å². The molecule has 1 aromatic heterocycles. The van der Waals surface area contributed by atoms with Gasteiger partial charge < -0.3 is 41.7 Å². The van der Waals surface area contributed by atoms with E-state index in [1.807, 2.05) is 102 Å². The monoisotopic (exact) mass is 981 g/mol. The Balaban J connectivity index is 1.32. The summed E-state index contributed by atoms with van der Waals surface area (Å²) in [5.74, 6) is -4.45. The number of likely N-dealkylation sites (N-methyl/N-ethyl adjacent to an activating group) is 2. The van der Waals surface area contributed by atoms with Crippen molar-refractivity contribution in [2.75, 3.05) is 27.2 Å². The molecule has 7 N–H and O–H groups in total. The number of aromatic amines is 1. The van der Waals surface area contributed by atoms with Crippen LogP contribution in [0.15, 0.2) is 66.7 Å². The topological polar surface area (TPSA) is 244 Å². The van der Waals surface area contributed by atoms with Gasteiger partial charge in [-0.1, -0.05) is 101 Å². The number of hydrogen-bond donors (Lipinski definition) is 7. The second kappa shape index (κ2) is 25.7. The summed E-state index contributed by atoms with van der Waals surface area (Å²) < 4.78 is 0. The molecule has 0 saturated carbocycles. The van der Waals surface area contributed by atoms with Crippen molar-refractivity contribution in [2.24, 2.45) is 23.7 Å². The molecule has 0 bridgehead atoms. The van der Waals surface area contributed by atoms with E-state index in [-0.39, 0.29) is 103 Å². The van der Waals surface area contributed by atoms with Gasteiger partial charge >= 0.3 is 0 Å². The molecule has 71 heavy (non-hydrogen) atoms. The fraction of sp³-hybridized carbons (Fsp3) is 0.566. The molecule has 5 rings (SSSR count). The number of carbonyl (C=O) groups excluding carboxylic acids is 8. The van der Waals surface area contributed by atoms with Crippen LogP contribution in [-0.4, -0.2) is 130 Å². The Morgan fingerprint density at radius 3 is 1.37 bits per heavy atom. The summed E-state index contributed by atoms with van der Waals surface area (Å²) in [4.78, 5) is 114. The lowest BCUT2D eigenvalue weighted by Gasteiger charge is -2.32. The second-order valence-electron chi connectivity index (χ2n) is 19.7. The number of nitrogens with one attached hydrogen (secondary N) is 7. The summed E-state index contributed by atoms with van der Waals surface area (Å²) in [5, 5.41) is 24.7. The van der Waals surface area contributed by atoms with Gasteiger partial charge in [0.1, 0.15) is 35.6 Å².